The third kappa shape index (κ3) is 3.80. The molecule has 0 aromatic carbocycles. The van der Waals surface area contributed by atoms with E-state index in [0.29, 0.717) is 0 Å². The molecule has 6 heteroatoms. The lowest BCUT2D eigenvalue weighted by Crippen LogP contribution is -2.31. The zero-order valence-corrected chi connectivity index (χ0v) is 11.3. The molecule has 0 aliphatic carbocycles. The highest BCUT2D eigenvalue weighted by Crippen LogP contribution is 2.20. The van der Waals surface area contributed by atoms with Gasteiger partial charge in [-0.05, 0) is 34.1 Å². The van der Waals surface area contributed by atoms with Crippen molar-refractivity contribution in [2.45, 2.75) is 0 Å². The first-order valence-corrected chi connectivity index (χ1v) is 6.33. The number of carbonyl (C=O) groups excluding carboxylic acids is 2. The zero-order chi connectivity index (χ0) is 12.8. The Kier molecular flexibility index (Phi) is 5.07. The number of nitrogens with one attached hydrogen (secondary N) is 1. The van der Waals surface area contributed by atoms with Gasteiger partial charge in [-0.15, -0.1) is 11.3 Å². The largest absolute Gasteiger partial charge is 0.358 e. The van der Waals surface area contributed by atoms with E-state index in [-0.39, 0.29) is 0 Å². The van der Waals surface area contributed by atoms with Gasteiger partial charge >= 0.3 is 0 Å². The predicted molar refractivity (Wildman–Crippen MR) is 69.2 cm³/mol. The van der Waals surface area contributed by atoms with Gasteiger partial charge in [0.15, 0.2) is 11.7 Å². The number of halogens is 1. The van der Waals surface area contributed by atoms with Crippen molar-refractivity contribution in [2.24, 2.45) is 5.92 Å². The van der Waals surface area contributed by atoms with E-state index in [0.717, 1.165) is 9.35 Å². The number of hydrogen-bond acceptors (Lipinski definition) is 4. The van der Waals surface area contributed by atoms with Crippen LogP contribution in [0, 0.1) is 17.2 Å². The number of ketones is 1. The molecule has 1 atom stereocenters. The van der Waals surface area contributed by atoms with Gasteiger partial charge in [-0.25, -0.2) is 0 Å². The van der Waals surface area contributed by atoms with Gasteiger partial charge < -0.3 is 5.32 Å². The summed E-state index contributed by atoms with van der Waals surface area (Å²) in [6.45, 7) is 0. The van der Waals surface area contributed by atoms with Crippen molar-refractivity contribution in [3.63, 3.8) is 0 Å². The highest BCUT2D eigenvalue weighted by atomic mass is 79.9. The fourth-order valence-electron chi connectivity index (χ4n) is 1.07. The van der Waals surface area contributed by atoms with Crippen LogP contribution in [0.25, 0.3) is 6.08 Å². The van der Waals surface area contributed by atoms with Gasteiger partial charge in [-0.3, -0.25) is 9.59 Å². The first-order valence-electron chi connectivity index (χ1n) is 4.65. The Morgan fingerprint density at radius 3 is 2.82 bits per heavy atom. The summed E-state index contributed by atoms with van der Waals surface area (Å²) in [5.41, 5.74) is 0. The van der Waals surface area contributed by atoms with E-state index in [1.807, 2.05) is 11.4 Å². The Morgan fingerprint density at radius 1 is 1.65 bits per heavy atom. The molecule has 0 spiro atoms. The van der Waals surface area contributed by atoms with Crippen molar-refractivity contribution >= 4 is 45.0 Å². The normalized spacial score (nSPS) is 12.1. The Labute approximate surface area is 111 Å². The summed E-state index contributed by atoms with van der Waals surface area (Å²) in [6.07, 6.45) is 2.84. The Bertz CT molecular complexity index is 502. The van der Waals surface area contributed by atoms with Crippen molar-refractivity contribution in [3.8, 4) is 6.07 Å². The summed E-state index contributed by atoms with van der Waals surface area (Å²) in [7, 11) is 1.39. The van der Waals surface area contributed by atoms with Crippen LogP contribution in [0.3, 0.4) is 0 Å². The minimum absolute atomic E-state index is 0.517. The van der Waals surface area contributed by atoms with Gasteiger partial charge in [0.1, 0.15) is 0 Å². The van der Waals surface area contributed by atoms with Gasteiger partial charge in [-0.1, -0.05) is 0 Å². The van der Waals surface area contributed by atoms with E-state index in [1.54, 1.807) is 12.1 Å². The van der Waals surface area contributed by atoms with Gasteiger partial charge in [0.25, 0.3) is 0 Å². The molecule has 1 rings (SSSR count). The van der Waals surface area contributed by atoms with E-state index in [2.05, 4.69) is 21.2 Å². The van der Waals surface area contributed by atoms with E-state index >= 15 is 0 Å². The third-order valence-electron chi connectivity index (χ3n) is 1.92. The summed E-state index contributed by atoms with van der Waals surface area (Å²) in [6, 6.07) is 3.52. The highest BCUT2D eigenvalue weighted by molar-refractivity contribution is 9.10. The van der Waals surface area contributed by atoms with E-state index in [4.69, 9.17) is 5.26 Å². The predicted octanol–water partition coefficient (Wildman–Crippen LogP) is 1.98. The molecule has 0 saturated carbocycles. The average Bonchev–Trinajstić information content (AvgIpc) is 2.73. The molecule has 0 bridgehead atoms. The lowest BCUT2D eigenvalue weighted by atomic mass is 10.0. The lowest BCUT2D eigenvalue weighted by molar-refractivity contribution is -0.129. The summed E-state index contributed by atoms with van der Waals surface area (Å²) >= 11 is 4.75. The Balaban J connectivity index is 2.75. The molecule has 0 aliphatic rings. The van der Waals surface area contributed by atoms with Gasteiger partial charge in [0.05, 0.1) is 6.07 Å². The molecule has 1 amide bonds. The molecular weight excluding hydrogens is 304 g/mol. The van der Waals surface area contributed by atoms with Crippen molar-refractivity contribution in [3.05, 3.63) is 26.9 Å². The van der Waals surface area contributed by atoms with Crippen molar-refractivity contribution in [1.82, 2.24) is 5.32 Å². The molecular formula is C11H9BrN2O2S. The number of thiophene rings is 1. The van der Waals surface area contributed by atoms with Crippen LogP contribution in [0.5, 0.6) is 0 Å². The van der Waals surface area contributed by atoms with Gasteiger partial charge in [0.2, 0.25) is 5.91 Å². The van der Waals surface area contributed by atoms with Crippen LogP contribution in [-0.4, -0.2) is 18.7 Å². The maximum Gasteiger partial charge on any atom is 0.245 e. The second kappa shape index (κ2) is 6.33. The first-order chi connectivity index (χ1) is 8.08. The van der Waals surface area contributed by atoms with E-state index < -0.39 is 17.6 Å². The molecule has 0 saturated heterocycles. The highest BCUT2D eigenvalue weighted by Gasteiger charge is 2.22. The minimum Gasteiger partial charge on any atom is -0.358 e. The van der Waals surface area contributed by atoms with Crippen LogP contribution in [0.1, 0.15) is 4.88 Å². The summed E-state index contributed by atoms with van der Waals surface area (Å²) in [5.74, 6) is -2.38. The summed E-state index contributed by atoms with van der Waals surface area (Å²) in [5, 5.41) is 12.9. The van der Waals surface area contributed by atoms with Gasteiger partial charge in [-0.2, -0.15) is 5.26 Å². The number of carbonyl (C=O) groups is 2. The maximum absolute atomic E-state index is 11.6. The first kappa shape index (κ1) is 13.6. The smallest absolute Gasteiger partial charge is 0.245 e. The quantitative estimate of drug-likeness (QED) is 0.682. The topological polar surface area (TPSA) is 70.0 Å². The second-order valence-electron chi connectivity index (χ2n) is 3.08. The molecule has 1 heterocycles. The van der Waals surface area contributed by atoms with Crippen molar-refractivity contribution < 1.29 is 9.59 Å². The second-order valence-corrected chi connectivity index (χ2v) is 4.94. The Hall–Kier alpha value is -1.45. The molecule has 0 aliphatic heterocycles. The third-order valence-corrected chi connectivity index (χ3v) is 3.58. The minimum atomic E-state index is -1.28. The monoisotopic (exact) mass is 312 g/mol. The maximum atomic E-state index is 11.6. The summed E-state index contributed by atoms with van der Waals surface area (Å²) < 4.78 is 0.928. The molecule has 0 fully saturated rings. The van der Waals surface area contributed by atoms with Gasteiger partial charge in [0, 0.05) is 21.8 Å². The van der Waals surface area contributed by atoms with E-state index in [1.165, 1.54) is 24.5 Å². The number of allylic oxidation sites excluding steroid dienone is 1. The fourth-order valence-corrected chi connectivity index (χ4v) is 2.41. The molecule has 17 heavy (non-hydrogen) atoms. The van der Waals surface area contributed by atoms with Crippen LogP contribution in [0.2, 0.25) is 0 Å². The van der Waals surface area contributed by atoms with Crippen LogP contribution in [0.4, 0.5) is 0 Å². The lowest BCUT2D eigenvalue weighted by Gasteiger charge is -2.02. The number of nitriles is 1. The average molecular weight is 313 g/mol. The fraction of sp³-hybridized carbons (Fsp3) is 0.182. The zero-order valence-electron chi connectivity index (χ0n) is 8.94. The van der Waals surface area contributed by atoms with Crippen LogP contribution in [-0.2, 0) is 9.59 Å². The molecule has 1 N–H and O–H groups in total. The molecule has 1 aromatic heterocycles. The molecule has 1 aromatic rings. The molecule has 88 valence electrons. The molecule has 4 nitrogen and oxygen atoms in total. The van der Waals surface area contributed by atoms with E-state index in [9.17, 15) is 9.59 Å². The van der Waals surface area contributed by atoms with Crippen LogP contribution >= 0.6 is 27.3 Å². The van der Waals surface area contributed by atoms with Crippen molar-refractivity contribution in [1.29, 1.82) is 5.26 Å². The number of amides is 1. The standard InChI is InChI=1S/C11H9BrN2O2S/c1-14-11(16)9(5-13)10(15)3-2-8-4-7(12)6-17-8/h2-4,6,9H,1H3,(H,14,16)/b3-2-/t9-/m0/s1. The number of rotatable bonds is 4. The SMILES string of the molecule is CNC(=O)[C@@H](C#N)C(=O)/C=C\c1cc(Br)cs1. The van der Waals surface area contributed by atoms with Crippen molar-refractivity contribution in [2.75, 3.05) is 7.05 Å². The number of hydrogen-bond donors (Lipinski definition) is 1. The molecule has 0 unspecified atom stereocenters. The number of nitrogens with zero attached hydrogens (tertiary/aromatic N) is 1. The van der Waals surface area contributed by atoms with Crippen LogP contribution < -0.4 is 5.32 Å². The Morgan fingerprint density at radius 2 is 2.35 bits per heavy atom. The molecule has 0 radical (unpaired) electrons. The summed E-state index contributed by atoms with van der Waals surface area (Å²) in [4.78, 5) is 23.7. The van der Waals surface area contributed by atoms with Crippen LogP contribution in [0.15, 0.2) is 22.0 Å².